The molecule has 0 aliphatic heterocycles. The summed E-state index contributed by atoms with van der Waals surface area (Å²) in [6.45, 7) is 14.4. The van der Waals surface area contributed by atoms with Crippen molar-refractivity contribution in [3.63, 3.8) is 0 Å². The van der Waals surface area contributed by atoms with E-state index in [9.17, 15) is 0 Å². The second-order valence-electron chi connectivity index (χ2n) is 7.46. The van der Waals surface area contributed by atoms with Crippen LogP contribution in [0.5, 0.6) is 0 Å². The number of allylic oxidation sites excluding steroid dienone is 2. The first kappa shape index (κ1) is 16.8. The molecule has 0 heteroatoms. The maximum absolute atomic E-state index is 2.59. The van der Waals surface area contributed by atoms with Gasteiger partial charge in [0.1, 0.15) is 0 Å². The van der Waals surface area contributed by atoms with Gasteiger partial charge in [-0.1, -0.05) is 65.5 Å². The summed E-state index contributed by atoms with van der Waals surface area (Å²) >= 11 is 0. The Bertz CT molecular complexity index is 274. The first-order valence-corrected chi connectivity index (χ1v) is 8.64. The van der Waals surface area contributed by atoms with E-state index in [4.69, 9.17) is 0 Å². The molecule has 0 bridgehead atoms. The average molecular weight is 264 g/mol. The van der Waals surface area contributed by atoms with E-state index in [0.29, 0.717) is 0 Å². The van der Waals surface area contributed by atoms with Crippen molar-refractivity contribution in [2.75, 3.05) is 0 Å². The van der Waals surface area contributed by atoms with Gasteiger partial charge in [0.25, 0.3) is 0 Å². The lowest BCUT2D eigenvalue weighted by Crippen LogP contribution is -2.28. The Labute approximate surface area is 122 Å². The predicted octanol–water partition coefficient (Wildman–Crippen LogP) is 6.47. The van der Waals surface area contributed by atoms with E-state index in [2.05, 4.69) is 47.6 Å². The Hall–Kier alpha value is -0.260. The van der Waals surface area contributed by atoms with E-state index >= 15 is 0 Å². The molecular formula is C19H36. The maximum Gasteiger partial charge on any atom is -0.0175 e. The van der Waals surface area contributed by atoms with Gasteiger partial charge in [-0.2, -0.15) is 0 Å². The molecule has 1 rings (SSSR count). The third-order valence-electron chi connectivity index (χ3n) is 5.16. The van der Waals surface area contributed by atoms with Crippen molar-refractivity contribution in [2.24, 2.45) is 29.6 Å². The van der Waals surface area contributed by atoms with Crippen LogP contribution >= 0.6 is 0 Å². The van der Waals surface area contributed by atoms with Gasteiger partial charge in [-0.05, 0) is 55.8 Å². The zero-order chi connectivity index (χ0) is 14.4. The van der Waals surface area contributed by atoms with Gasteiger partial charge >= 0.3 is 0 Å². The summed E-state index contributed by atoms with van der Waals surface area (Å²) in [6.07, 6.45) is 11.0. The molecule has 4 atom stereocenters. The van der Waals surface area contributed by atoms with Crippen molar-refractivity contribution in [1.29, 1.82) is 0 Å². The van der Waals surface area contributed by atoms with E-state index in [1.165, 1.54) is 38.5 Å². The van der Waals surface area contributed by atoms with Gasteiger partial charge in [-0.15, -0.1) is 0 Å². The van der Waals surface area contributed by atoms with Crippen LogP contribution in [0.15, 0.2) is 11.6 Å². The maximum atomic E-state index is 2.59. The Kier molecular flexibility index (Phi) is 7.18. The minimum absolute atomic E-state index is 0.770. The van der Waals surface area contributed by atoms with Gasteiger partial charge in [0, 0.05) is 0 Å². The predicted molar refractivity (Wildman–Crippen MR) is 87.3 cm³/mol. The molecule has 0 spiro atoms. The minimum atomic E-state index is 0.770. The summed E-state index contributed by atoms with van der Waals surface area (Å²) in [5.41, 5.74) is 1.69. The zero-order valence-electron chi connectivity index (χ0n) is 14.2. The summed E-state index contributed by atoms with van der Waals surface area (Å²) in [6, 6.07) is 0. The molecule has 1 fully saturated rings. The van der Waals surface area contributed by atoms with Crippen LogP contribution in [0.25, 0.3) is 0 Å². The van der Waals surface area contributed by atoms with Crippen molar-refractivity contribution >= 4 is 0 Å². The zero-order valence-corrected chi connectivity index (χ0v) is 14.2. The van der Waals surface area contributed by atoms with Crippen LogP contribution in [0.3, 0.4) is 0 Å². The molecule has 0 aromatic heterocycles. The number of hydrogen-bond donors (Lipinski definition) is 0. The lowest BCUT2D eigenvalue weighted by atomic mass is 9.67. The molecular weight excluding hydrogens is 228 g/mol. The SMILES string of the molecule is CCCCC(C)C=C(C)C1CCC(C)CC1C(C)C. The van der Waals surface area contributed by atoms with Crippen LogP contribution in [0.2, 0.25) is 0 Å². The van der Waals surface area contributed by atoms with Gasteiger partial charge in [0.2, 0.25) is 0 Å². The van der Waals surface area contributed by atoms with E-state index in [1.54, 1.807) is 5.57 Å². The van der Waals surface area contributed by atoms with E-state index in [1.807, 2.05) is 0 Å². The standard InChI is InChI=1S/C19H36/c1-7-8-9-15(4)12-17(6)18-11-10-16(5)13-19(18)14(2)3/h12,14-16,18-19H,7-11,13H2,1-6H3. The summed E-state index contributed by atoms with van der Waals surface area (Å²) in [5.74, 6) is 4.32. The summed E-state index contributed by atoms with van der Waals surface area (Å²) in [5, 5.41) is 0. The molecule has 0 nitrogen and oxygen atoms in total. The van der Waals surface area contributed by atoms with Crippen LogP contribution in [0.1, 0.15) is 80.1 Å². The van der Waals surface area contributed by atoms with Gasteiger partial charge < -0.3 is 0 Å². The summed E-state index contributed by atoms with van der Waals surface area (Å²) < 4.78 is 0. The van der Waals surface area contributed by atoms with Crippen LogP contribution in [-0.2, 0) is 0 Å². The Morgan fingerprint density at radius 3 is 2.47 bits per heavy atom. The van der Waals surface area contributed by atoms with Crippen molar-refractivity contribution in [3.05, 3.63) is 11.6 Å². The molecule has 1 aliphatic carbocycles. The molecule has 19 heavy (non-hydrogen) atoms. The van der Waals surface area contributed by atoms with Crippen molar-refractivity contribution in [2.45, 2.75) is 80.1 Å². The monoisotopic (exact) mass is 264 g/mol. The molecule has 0 radical (unpaired) electrons. The molecule has 0 aromatic carbocycles. The number of rotatable bonds is 6. The fourth-order valence-corrected chi connectivity index (χ4v) is 3.91. The molecule has 0 saturated heterocycles. The Morgan fingerprint density at radius 1 is 1.21 bits per heavy atom. The largest absolute Gasteiger partial charge is 0.0825 e. The summed E-state index contributed by atoms with van der Waals surface area (Å²) in [4.78, 5) is 0. The van der Waals surface area contributed by atoms with Gasteiger partial charge in [0.15, 0.2) is 0 Å². The summed E-state index contributed by atoms with van der Waals surface area (Å²) in [7, 11) is 0. The fourth-order valence-electron chi connectivity index (χ4n) is 3.91. The highest BCUT2D eigenvalue weighted by molar-refractivity contribution is 5.08. The number of hydrogen-bond acceptors (Lipinski definition) is 0. The number of unbranched alkanes of at least 4 members (excludes halogenated alkanes) is 1. The first-order chi connectivity index (χ1) is 8.95. The highest BCUT2D eigenvalue weighted by Crippen LogP contribution is 2.41. The van der Waals surface area contributed by atoms with Gasteiger partial charge in [-0.25, -0.2) is 0 Å². The molecule has 112 valence electrons. The van der Waals surface area contributed by atoms with Crippen molar-refractivity contribution in [3.8, 4) is 0 Å². The molecule has 1 saturated carbocycles. The second-order valence-corrected chi connectivity index (χ2v) is 7.46. The molecule has 1 aliphatic rings. The smallest absolute Gasteiger partial charge is 0.0175 e. The quantitative estimate of drug-likeness (QED) is 0.482. The Morgan fingerprint density at radius 2 is 1.89 bits per heavy atom. The van der Waals surface area contributed by atoms with Crippen LogP contribution in [-0.4, -0.2) is 0 Å². The third-order valence-corrected chi connectivity index (χ3v) is 5.16. The van der Waals surface area contributed by atoms with Crippen LogP contribution in [0.4, 0.5) is 0 Å². The Balaban J connectivity index is 2.66. The molecule has 0 heterocycles. The molecule has 4 unspecified atom stereocenters. The van der Waals surface area contributed by atoms with Crippen molar-refractivity contribution < 1.29 is 0 Å². The van der Waals surface area contributed by atoms with E-state index < -0.39 is 0 Å². The normalized spacial score (nSPS) is 30.7. The van der Waals surface area contributed by atoms with Crippen LogP contribution in [0, 0.1) is 29.6 Å². The van der Waals surface area contributed by atoms with Crippen LogP contribution < -0.4 is 0 Å². The second kappa shape index (κ2) is 8.12. The topological polar surface area (TPSA) is 0 Å². The molecule has 0 N–H and O–H groups in total. The highest BCUT2D eigenvalue weighted by Gasteiger charge is 2.31. The lowest BCUT2D eigenvalue weighted by Gasteiger charge is -2.38. The fraction of sp³-hybridized carbons (Fsp3) is 0.895. The van der Waals surface area contributed by atoms with E-state index in [0.717, 1.165) is 29.6 Å². The lowest BCUT2D eigenvalue weighted by molar-refractivity contribution is 0.166. The van der Waals surface area contributed by atoms with E-state index in [-0.39, 0.29) is 0 Å². The molecule has 0 aromatic rings. The molecule has 0 amide bonds. The van der Waals surface area contributed by atoms with Gasteiger partial charge in [0.05, 0.1) is 0 Å². The third kappa shape index (κ3) is 5.32. The van der Waals surface area contributed by atoms with Crippen molar-refractivity contribution in [1.82, 2.24) is 0 Å². The minimum Gasteiger partial charge on any atom is -0.0825 e. The highest BCUT2D eigenvalue weighted by atomic mass is 14.4. The average Bonchev–Trinajstić information content (AvgIpc) is 2.35. The first-order valence-electron chi connectivity index (χ1n) is 8.64. The van der Waals surface area contributed by atoms with Gasteiger partial charge in [-0.3, -0.25) is 0 Å².